The van der Waals surface area contributed by atoms with Gasteiger partial charge in [0.05, 0.1) is 9.79 Å². The number of sulfonamides is 2. The number of benzene rings is 1. The van der Waals surface area contributed by atoms with Crippen molar-refractivity contribution in [2.75, 3.05) is 20.1 Å². The van der Waals surface area contributed by atoms with Crippen molar-refractivity contribution in [2.24, 2.45) is 0 Å². The second kappa shape index (κ2) is 8.05. The number of pyridine rings is 1. The summed E-state index contributed by atoms with van der Waals surface area (Å²) in [5.41, 5.74) is 0.820. The molecule has 1 aromatic heterocycles. The van der Waals surface area contributed by atoms with Crippen molar-refractivity contribution in [3.8, 4) is 0 Å². The predicted octanol–water partition coefficient (Wildman–Crippen LogP) is 2.08. The van der Waals surface area contributed by atoms with E-state index in [2.05, 4.69) is 4.98 Å². The maximum absolute atomic E-state index is 12.7. The summed E-state index contributed by atoms with van der Waals surface area (Å²) in [7, 11) is -5.80. The number of hydrogen-bond acceptors (Lipinski definition) is 5. The summed E-state index contributed by atoms with van der Waals surface area (Å²) in [5.74, 6) is 0. The molecule has 0 N–H and O–H groups in total. The third-order valence-corrected chi connectivity index (χ3v) is 8.37. The fraction of sp³-hybridized carbons (Fsp3) is 0.389. The van der Waals surface area contributed by atoms with Crippen molar-refractivity contribution in [1.29, 1.82) is 0 Å². The predicted molar refractivity (Wildman–Crippen MR) is 102 cm³/mol. The van der Waals surface area contributed by atoms with Crippen LogP contribution in [0, 0.1) is 0 Å². The average Bonchev–Trinajstić information content (AvgIpc) is 2.69. The molecule has 0 unspecified atom stereocenters. The molecule has 3 rings (SSSR count). The van der Waals surface area contributed by atoms with E-state index in [0.717, 1.165) is 24.8 Å². The van der Waals surface area contributed by atoms with Crippen LogP contribution in [0.3, 0.4) is 0 Å². The molecule has 0 radical (unpaired) electrons. The first kappa shape index (κ1) is 19.9. The minimum absolute atomic E-state index is 0.0663. The van der Waals surface area contributed by atoms with E-state index in [-0.39, 0.29) is 16.3 Å². The molecule has 1 aliphatic heterocycles. The zero-order valence-electron chi connectivity index (χ0n) is 15.2. The standard InChI is InChI=1S/C18H23N3O4S2/c1-20(15-16-9-11-19-12-10-16)26(22,23)17-5-7-18(8-6-17)27(24,25)21-13-3-2-4-14-21/h5-12H,2-4,13-15H2,1H3. The first-order valence-electron chi connectivity index (χ1n) is 8.77. The molecular formula is C18H23N3O4S2. The fourth-order valence-electron chi connectivity index (χ4n) is 3.05. The number of aromatic nitrogens is 1. The van der Waals surface area contributed by atoms with Gasteiger partial charge in [0.2, 0.25) is 20.0 Å². The molecule has 146 valence electrons. The van der Waals surface area contributed by atoms with Crippen LogP contribution in [-0.2, 0) is 26.6 Å². The summed E-state index contributed by atoms with van der Waals surface area (Å²) in [6.45, 7) is 1.23. The van der Waals surface area contributed by atoms with Gasteiger partial charge in [-0.05, 0) is 54.8 Å². The summed E-state index contributed by atoms with van der Waals surface area (Å²) in [6.07, 6.45) is 5.95. The van der Waals surface area contributed by atoms with Crippen molar-refractivity contribution in [2.45, 2.75) is 35.6 Å². The van der Waals surface area contributed by atoms with Crippen LogP contribution in [0.25, 0.3) is 0 Å². The molecule has 0 bridgehead atoms. The Hall–Kier alpha value is -1.81. The van der Waals surface area contributed by atoms with Gasteiger partial charge in [-0.3, -0.25) is 4.98 Å². The number of hydrogen-bond donors (Lipinski definition) is 0. The monoisotopic (exact) mass is 409 g/mol. The molecule has 0 atom stereocenters. The molecule has 0 spiro atoms. The Morgan fingerprint density at radius 3 is 2.04 bits per heavy atom. The SMILES string of the molecule is CN(Cc1ccncc1)S(=O)(=O)c1ccc(S(=O)(=O)N2CCCCC2)cc1. The lowest BCUT2D eigenvalue weighted by atomic mass is 10.2. The molecule has 0 saturated carbocycles. The van der Waals surface area contributed by atoms with Gasteiger partial charge in [0.1, 0.15) is 0 Å². The minimum atomic E-state index is -3.72. The average molecular weight is 410 g/mol. The van der Waals surface area contributed by atoms with Crippen LogP contribution in [0.1, 0.15) is 24.8 Å². The molecule has 2 aromatic rings. The number of nitrogens with zero attached hydrogens (tertiary/aromatic N) is 3. The Balaban J connectivity index is 1.79. The van der Waals surface area contributed by atoms with E-state index in [1.807, 2.05) is 0 Å². The lowest BCUT2D eigenvalue weighted by molar-refractivity contribution is 0.346. The zero-order chi connectivity index (χ0) is 19.5. The van der Waals surface area contributed by atoms with Gasteiger partial charge in [0, 0.05) is 39.1 Å². The van der Waals surface area contributed by atoms with Gasteiger partial charge >= 0.3 is 0 Å². The van der Waals surface area contributed by atoms with Gasteiger partial charge in [-0.25, -0.2) is 16.8 Å². The second-order valence-corrected chi connectivity index (χ2v) is 10.5. The van der Waals surface area contributed by atoms with E-state index in [9.17, 15) is 16.8 Å². The summed E-state index contributed by atoms with van der Waals surface area (Å²) < 4.78 is 53.6. The van der Waals surface area contributed by atoms with E-state index < -0.39 is 20.0 Å². The van der Waals surface area contributed by atoms with Gasteiger partial charge in [-0.1, -0.05) is 6.42 Å². The van der Waals surface area contributed by atoms with Crippen molar-refractivity contribution < 1.29 is 16.8 Å². The van der Waals surface area contributed by atoms with Gasteiger partial charge in [-0.2, -0.15) is 8.61 Å². The van der Waals surface area contributed by atoms with E-state index in [1.54, 1.807) is 24.5 Å². The summed E-state index contributed by atoms with van der Waals surface area (Å²) in [4.78, 5) is 4.11. The third kappa shape index (κ3) is 4.37. The van der Waals surface area contributed by atoms with Crippen molar-refractivity contribution >= 4 is 20.0 Å². The molecule has 7 nitrogen and oxygen atoms in total. The van der Waals surface area contributed by atoms with E-state index in [4.69, 9.17) is 0 Å². The maximum atomic E-state index is 12.7. The maximum Gasteiger partial charge on any atom is 0.243 e. The van der Waals surface area contributed by atoms with Crippen molar-refractivity contribution in [3.05, 3.63) is 54.4 Å². The number of rotatable bonds is 6. The molecule has 1 saturated heterocycles. The van der Waals surface area contributed by atoms with Crippen molar-refractivity contribution in [3.63, 3.8) is 0 Å². The Morgan fingerprint density at radius 2 is 1.44 bits per heavy atom. The normalized spacial score (nSPS) is 16.5. The second-order valence-electron chi connectivity index (χ2n) is 6.55. The Labute approximate surface area is 160 Å². The quantitative estimate of drug-likeness (QED) is 0.729. The fourth-order valence-corrected chi connectivity index (χ4v) is 5.72. The molecule has 2 heterocycles. The largest absolute Gasteiger partial charge is 0.265 e. The highest BCUT2D eigenvalue weighted by atomic mass is 32.2. The summed E-state index contributed by atoms with van der Waals surface area (Å²) in [5, 5.41) is 0. The molecule has 0 aliphatic carbocycles. The lowest BCUT2D eigenvalue weighted by Crippen LogP contribution is -2.35. The molecule has 0 amide bonds. The number of piperidine rings is 1. The van der Waals surface area contributed by atoms with Crippen molar-refractivity contribution in [1.82, 2.24) is 13.6 Å². The van der Waals surface area contributed by atoms with Crippen LogP contribution >= 0.6 is 0 Å². The first-order chi connectivity index (χ1) is 12.8. The van der Waals surface area contributed by atoms with E-state index in [0.29, 0.717) is 13.1 Å². The first-order valence-corrected chi connectivity index (χ1v) is 11.7. The van der Waals surface area contributed by atoms with Crippen LogP contribution in [0.4, 0.5) is 0 Å². The molecule has 1 fully saturated rings. The third-order valence-electron chi connectivity index (χ3n) is 4.64. The van der Waals surface area contributed by atoms with Crippen LogP contribution in [0.2, 0.25) is 0 Å². The molecule has 1 aliphatic rings. The summed E-state index contributed by atoms with van der Waals surface area (Å²) >= 11 is 0. The Morgan fingerprint density at radius 1 is 0.889 bits per heavy atom. The van der Waals surface area contributed by atoms with Gasteiger partial charge < -0.3 is 0 Å². The van der Waals surface area contributed by atoms with Crippen LogP contribution in [-0.4, -0.2) is 50.6 Å². The van der Waals surface area contributed by atoms with Gasteiger partial charge in [0.15, 0.2) is 0 Å². The molecule has 1 aromatic carbocycles. The summed E-state index contributed by atoms with van der Waals surface area (Å²) in [6, 6.07) is 8.96. The van der Waals surface area contributed by atoms with Crippen LogP contribution in [0.15, 0.2) is 58.6 Å². The zero-order valence-corrected chi connectivity index (χ0v) is 16.8. The van der Waals surface area contributed by atoms with E-state index >= 15 is 0 Å². The van der Waals surface area contributed by atoms with E-state index in [1.165, 1.54) is 39.9 Å². The Bertz CT molecular complexity index is 969. The van der Waals surface area contributed by atoms with Crippen LogP contribution in [0.5, 0.6) is 0 Å². The molecular weight excluding hydrogens is 386 g/mol. The smallest absolute Gasteiger partial charge is 0.243 e. The highest BCUT2D eigenvalue weighted by molar-refractivity contribution is 7.89. The Kier molecular flexibility index (Phi) is 5.95. The minimum Gasteiger partial charge on any atom is -0.265 e. The molecule has 27 heavy (non-hydrogen) atoms. The molecule has 9 heteroatoms. The van der Waals surface area contributed by atoms with Gasteiger partial charge in [-0.15, -0.1) is 0 Å². The highest BCUT2D eigenvalue weighted by Gasteiger charge is 2.27. The van der Waals surface area contributed by atoms with Crippen LogP contribution < -0.4 is 0 Å². The van der Waals surface area contributed by atoms with Gasteiger partial charge in [0.25, 0.3) is 0 Å². The highest BCUT2D eigenvalue weighted by Crippen LogP contribution is 2.23. The lowest BCUT2D eigenvalue weighted by Gasteiger charge is -2.26. The topological polar surface area (TPSA) is 87.6 Å².